The van der Waals surface area contributed by atoms with Gasteiger partial charge in [-0.1, -0.05) is 22.0 Å². The number of benzene rings is 1. The van der Waals surface area contributed by atoms with E-state index in [1.165, 1.54) is 0 Å². The van der Waals surface area contributed by atoms with Crippen LogP contribution in [-0.2, 0) is 19.3 Å². The highest BCUT2D eigenvalue weighted by Gasteiger charge is 2.29. The molecule has 6 nitrogen and oxygen atoms in total. The first kappa shape index (κ1) is 9.94. The molecule has 78 valence electrons. The standard InChI is InChI=1S/C8H5BrN2O4/c9-5-2-1-3-6(4-5)11-10-14-7(12)8(13)15-11/h1-4,10H. The van der Waals surface area contributed by atoms with Crippen molar-refractivity contribution in [2.45, 2.75) is 0 Å². The zero-order valence-electron chi connectivity index (χ0n) is 7.27. The Balaban J connectivity index is 2.19. The number of hydrogen-bond donors (Lipinski definition) is 1. The van der Waals surface area contributed by atoms with Gasteiger partial charge in [0, 0.05) is 4.47 Å². The molecule has 0 amide bonds. The Morgan fingerprint density at radius 3 is 2.73 bits per heavy atom. The van der Waals surface area contributed by atoms with E-state index in [0.717, 1.165) is 9.64 Å². The molecule has 0 atom stereocenters. The van der Waals surface area contributed by atoms with Gasteiger partial charge in [-0.2, -0.15) is 0 Å². The smallest absolute Gasteiger partial charge is 0.338 e. The van der Waals surface area contributed by atoms with Crippen LogP contribution in [0.4, 0.5) is 5.69 Å². The number of anilines is 1. The van der Waals surface area contributed by atoms with E-state index in [2.05, 4.69) is 31.2 Å². The van der Waals surface area contributed by atoms with Crippen LogP contribution < -0.4 is 10.8 Å². The van der Waals surface area contributed by atoms with E-state index in [-0.39, 0.29) is 0 Å². The molecular weight excluding hydrogens is 268 g/mol. The van der Waals surface area contributed by atoms with Crippen molar-refractivity contribution in [1.29, 1.82) is 0 Å². The molecule has 15 heavy (non-hydrogen) atoms. The van der Waals surface area contributed by atoms with Gasteiger partial charge in [-0.3, -0.25) is 0 Å². The summed E-state index contributed by atoms with van der Waals surface area (Å²) in [7, 11) is 0. The molecule has 0 bridgehead atoms. The Morgan fingerprint density at radius 2 is 2.07 bits per heavy atom. The summed E-state index contributed by atoms with van der Waals surface area (Å²) in [4.78, 5) is 30.5. The number of rotatable bonds is 1. The van der Waals surface area contributed by atoms with E-state index in [4.69, 9.17) is 0 Å². The average Bonchev–Trinajstić information content (AvgIpc) is 2.22. The van der Waals surface area contributed by atoms with Gasteiger partial charge in [0.15, 0.2) is 0 Å². The third-order valence-electron chi connectivity index (χ3n) is 1.60. The zero-order valence-corrected chi connectivity index (χ0v) is 8.85. The van der Waals surface area contributed by atoms with Crippen molar-refractivity contribution in [3.05, 3.63) is 28.7 Å². The lowest BCUT2D eigenvalue weighted by Crippen LogP contribution is -2.49. The van der Waals surface area contributed by atoms with Crippen molar-refractivity contribution in [2.24, 2.45) is 0 Å². The second kappa shape index (κ2) is 3.87. The summed E-state index contributed by atoms with van der Waals surface area (Å²) in [5, 5.41) is 0.953. The highest BCUT2D eigenvalue weighted by atomic mass is 79.9. The molecule has 1 aliphatic heterocycles. The first-order valence-electron chi connectivity index (χ1n) is 3.91. The second-order valence-electron chi connectivity index (χ2n) is 2.63. The average molecular weight is 273 g/mol. The SMILES string of the molecule is O=C1ONN(c2cccc(Br)c2)OC1=O. The molecule has 1 N–H and O–H groups in total. The van der Waals surface area contributed by atoms with Gasteiger partial charge in [-0.25, -0.2) is 9.59 Å². The number of carbonyl (C=O) groups excluding carboxylic acids is 2. The quantitative estimate of drug-likeness (QED) is 0.759. The topological polar surface area (TPSA) is 67.9 Å². The summed E-state index contributed by atoms with van der Waals surface area (Å²) in [6.45, 7) is 0. The predicted octanol–water partition coefficient (Wildman–Crippen LogP) is 0.690. The molecule has 0 radical (unpaired) electrons. The summed E-state index contributed by atoms with van der Waals surface area (Å²) in [5.41, 5.74) is 2.68. The van der Waals surface area contributed by atoms with Crippen molar-refractivity contribution in [3.8, 4) is 0 Å². The van der Waals surface area contributed by atoms with E-state index in [1.807, 2.05) is 0 Å². The molecule has 1 aliphatic rings. The molecule has 1 fully saturated rings. The van der Waals surface area contributed by atoms with Crippen LogP contribution in [-0.4, -0.2) is 11.9 Å². The van der Waals surface area contributed by atoms with Gasteiger partial charge in [0.2, 0.25) is 0 Å². The Hall–Kier alpha value is -1.60. The van der Waals surface area contributed by atoms with Crippen LogP contribution in [0.5, 0.6) is 0 Å². The van der Waals surface area contributed by atoms with Gasteiger partial charge in [0.1, 0.15) is 0 Å². The lowest BCUT2D eigenvalue weighted by Gasteiger charge is -2.25. The monoisotopic (exact) mass is 272 g/mol. The van der Waals surface area contributed by atoms with Gasteiger partial charge in [-0.05, 0) is 23.8 Å². The highest BCUT2D eigenvalue weighted by molar-refractivity contribution is 9.10. The van der Waals surface area contributed by atoms with Crippen LogP contribution in [0.15, 0.2) is 28.7 Å². The molecule has 0 spiro atoms. The van der Waals surface area contributed by atoms with Crippen molar-refractivity contribution in [3.63, 3.8) is 0 Å². The number of nitrogens with zero attached hydrogens (tertiary/aromatic N) is 1. The molecular formula is C8H5BrN2O4. The molecule has 0 aromatic heterocycles. The maximum absolute atomic E-state index is 10.9. The summed E-state index contributed by atoms with van der Waals surface area (Å²) in [6.07, 6.45) is 0. The van der Waals surface area contributed by atoms with Crippen LogP contribution in [0.3, 0.4) is 0 Å². The van der Waals surface area contributed by atoms with Crippen molar-refractivity contribution < 1.29 is 19.3 Å². The number of hydrogen-bond acceptors (Lipinski definition) is 6. The van der Waals surface area contributed by atoms with Crippen molar-refractivity contribution in [2.75, 3.05) is 5.17 Å². The summed E-state index contributed by atoms with van der Waals surface area (Å²) >= 11 is 3.25. The van der Waals surface area contributed by atoms with Crippen LogP contribution in [0.25, 0.3) is 0 Å². The maximum atomic E-state index is 10.9. The van der Waals surface area contributed by atoms with Gasteiger partial charge < -0.3 is 9.68 Å². The normalized spacial score (nSPS) is 15.9. The molecule has 1 aromatic carbocycles. The third kappa shape index (κ3) is 2.08. The predicted molar refractivity (Wildman–Crippen MR) is 51.9 cm³/mol. The number of halogens is 1. The Bertz CT molecular complexity index is 423. The van der Waals surface area contributed by atoms with E-state index in [0.29, 0.717) is 5.69 Å². The highest BCUT2D eigenvalue weighted by Crippen LogP contribution is 2.19. The van der Waals surface area contributed by atoms with Crippen LogP contribution in [0.2, 0.25) is 0 Å². The minimum Gasteiger partial charge on any atom is -0.338 e. The number of nitrogens with one attached hydrogen (secondary N) is 1. The van der Waals surface area contributed by atoms with Crippen molar-refractivity contribution >= 4 is 33.6 Å². The third-order valence-corrected chi connectivity index (χ3v) is 2.10. The lowest BCUT2D eigenvalue weighted by atomic mass is 10.3. The van der Waals surface area contributed by atoms with Crippen LogP contribution in [0.1, 0.15) is 0 Å². The van der Waals surface area contributed by atoms with Crippen LogP contribution >= 0.6 is 15.9 Å². The van der Waals surface area contributed by atoms with Gasteiger partial charge in [0.25, 0.3) is 0 Å². The largest absolute Gasteiger partial charge is 0.444 e. The molecule has 0 aliphatic carbocycles. The van der Waals surface area contributed by atoms with E-state index in [9.17, 15) is 9.59 Å². The fourth-order valence-electron chi connectivity index (χ4n) is 0.971. The lowest BCUT2D eigenvalue weighted by molar-refractivity contribution is -0.192. The Labute approximate surface area is 92.8 Å². The summed E-state index contributed by atoms with van der Waals surface area (Å²) in [5.74, 6) is -2.16. The maximum Gasteiger partial charge on any atom is 0.444 e. The molecule has 1 aromatic rings. The van der Waals surface area contributed by atoms with E-state index >= 15 is 0 Å². The number of hydrazine groups is 1. The fourth-order valence-corrected chi connectivity index (χ4v) is 1.36. The second-order valence-corrected chi connectivity index (χ2v) is 3.55. The molecule has 7 heteroatoms. The van der Waals surface area contributed by atoms with E-state index < -0.39 is 11.9 Å². The van der Waals surface area contributed by atoms with Gasteiger partial charge in [0.05, 0.1) is 5.69 Å². The Kier molecular flexibility index (Phi) is 2.57. The minimum absolute atomic E-state index is 0.519. The molecule has 1 heterocycles. The van der Waals surface area contributed by atoms with Crippen molar-refractivity contribution in [1.82, 2.24) is 5.59 Å². The van der Waals surface area contributed by atoms with Crippen LogP contribution in [0, 0.1) is 0 Å². The first-order valence-corrected chi connectivity index (χ1v) is 4.70. The zero-order chi connectivity index (χ0) is 10.8. The molecule has 0 saturated carbocycles. The minimum atomic E-state index is -1.08. The summed E-state index contributed by atoms with van der Waals surface area (Å²) < 4.78 is 0.801. The molecule has 0 unspecified atom stereocenters. The molecule has 1 saturated heterocycles. The summed E-state index contributed by atoms with van der Waals surface area (Å²) in [6, 6.07) is 6.90. The Morgan fingerprint density at radius 1 is 1.27 bits per heavy atom. The number of carbonyl (C=O) groups is 2. The molecule has 2 rings (SSSR count). The van der Waals surface area contributed by atoms with Gasteiger partial charge in [-0.15, -0.1) is 5.17 Å². The first-order chi connectivity index (χ1) is 7.16. The fraction of sp³-hybridized carbons (Fsp3) is 0. The van der Waals surface area contributed by atoms with Gasteiger partial charge >= 0.3 is 11.9 Å². The van der Waals surface area contributed by atoms with E-state index in [1.54, 1.807) is 24.3 Å².